The standard InChI is InChI=1S/C14H15ClO2/c1-3-13(16)12(14(17)4-2)9-10-5-7-11(15)8-6-10/h5-9H,3-4H2,1-2H3. The largest absolute Gasteiger partial charge is 0.294 e. The summed E-state index contributed by atoms with van der Waals surface area (Å²) >= 11 is 5.77. The molecule has 0 aliphatic heterocycles. The molecule has 0 atom stereocenters. The first-order valence-electron chi connectivity index (χ1n) is 5.62. The van der Waals surface area contributed by atoms with Crippen LogP contribution in [-0.4, -0.2) is 11.6 Å². The Balaban J connectivity index is 3.09. The van der Waals surface area contributed by atoms with Gasteiger partial charge in [-0.3, -0.25) is 9.59 Å². The normalized spacial score (nSPS) is 9.82. The summed E-state index contributed by atoms with van der Waals surface area (Å²) < 4.78 is 0. The molecule has 0 aliphatic carbocycles. The van der Waals surface area contributed by atoms with Crippen LogP contribution < -0.4 is 0 Å². The molecule has 2 nitrogen and oxygen atoms in total. The number of hydrogen-bond donors (Lipinski definition) is 0. The molecule has 0 amide bonds. The van der Waals surface area contributed by atoms with Gasteiger partial charge < -0.3 is 0 Å². The lowest BCUT2D eigenvalue weighted by Crippen LogP contribution is -2.10. The molecule has 0 unspecified atom stereocenters. The number of ketones is 2. The van der Waals surface area contributed by atoms with Gasteiger partial charge in [0.05, 0.1) is 5.57 Å². The summed E-state index contributed by atoms with van der Waals surface area (Å²) in [4.78, 5) is 23.3. The van der Waals surface area contributed by atoms with Gasteiger partial charge in [0.1, 0.15) is 0 Å². The minimum atomic E-state index is -0.119. The zero-order valence-corrected chi connectivity index (χ0v) is 10.8. The number of allylic oxidation sites excluding steroid dienone is 1. The van der Waals surface area contributed by atoms with E-state index in [-0.39, 0.29) is 17.1 Å². The van der Waals surface area contributed by atoms with Crippen molar-refractivity contribution in [3.63, 3.8) is 0 Å². The number of benzene rings is 1. The quantitative estimate of drug-likeness (QED) is 0.454. The maximum absolute atomic E-state index is 11.7. The average molecular weight is 251 g/mol. The van der Waals surface area contributed by atoms with Gasteiger partial charge in [-0.05, 0) is 23.8 Å². The molecule has 3 heteroatoms. The molecule has 17 heavy (non-hydrogen) atoms. The predicted molar refractivity (Wildman–Crippen MR) is 70.0 cm³/mol. The summed E-state index contributed by atoms with van der Waals surface area (Å²) in [6, 6.07) is 7.04. The Hall–Kier alpha value is -1.41. The number of Topliss-reactive ketones (excluding diaryl/α,β-unsaturated/α-hetero) is 2. The van der Waals surface area contributed by atoms with Crippen LogP contribution in [0.1, 0.15) is 32.3 Å². The van der Waals surface area contributed by atoms with E-state index in [9.17, 15) is 9.59 Å². The number of rotatable bonds is 5. The number of carbonyl (C=O) groups is 2. The molecule has 0 spiro atoms. The number of halogens is 1. The van der Waals surface area contributed by atoms with Gasteiger partial charge in [0.25, 0.3) is 0 Å². The maximum atomic E-state index is 11.7. The Bertz CT molecular complexity index is 426. The second kappa shape index (κ2) is 6.36. The van der Waals surface area contributed by atoms with Crippen LogP contribution in [0.25, 0.3) is 6.08 Å². The van der Waals surface area contributed by atoms with Crippen molar-refractivity contribution >= 4 is 29.2 Å². The Morgan fingerprint density at radius 1 is 1.06 bits per heavy atom. The van der Waals surface area contributed by atoms with Crippen molar-refractivity contribution in [2.45, 2.75) is 26.7 Å². The fraction of sp³-hybridized carbons (Fsp3) is 0.286. The molecule has 0 bridgehead atoms. The van der Waals surface area contributed by atoms with Crippen LogP contribution in [0.5, 0.6) is 0 Å². The summed E-state index contributed by atoms with van der Waals surface area (Å²) in [5, 5.41) is 0.632. The van der Waals surface area contributed by atoms with Crippen molar-refractivity contribution in [2.75, 3.05) is 0 Å². The smallest absolute Gasteiger partial charge is 0.166 e. The molecular formula is C14H15ClO2. The van der Waals surface area contributed by atoms with E-state index < -0.39 is 0 Å². The second-order valence-electron chi connectivity index (χ2n) is 3.66. The minimum Gasteiger partial charge on any atom is -0.294 e. The van der Waals surface area contributed by atoms with E-state index in [0.717, 1.165) is 5.56 Å². The first kappa shape index (κ1) is 13.7. The van der Waals surface area contributed by atoms with Crippen molar-refractivity contribution in [3.05, 3.63) is 40.4 Å². The van der Waals surface area contributed by atoms with Gasteiger partial charge in [-0.25, -0.2) is 0 Å². The van der Waals surface area contributed by atoms with Gasteiger partial charge in [0.2, 0.25) is 0 Å². The molecule has 0 fully saturated rings. The molecule has 1 aromatic carbocycles. The summed E-state index contributed by atoms with van der Waals surface area (Å²) in [5.74, 6) is -0.237. The van der Waals surface area contributed by atoms with Crippen LogP contribution >= 0.6 is 11.6 Å². The van der Waals surface area contributed by atoms with Crippen LogP contribution in [0, 0.1) is 0 Å². The van der Waals surface area contributed by atoms with Crippen LogP contribution in [0.3, 0.4) is 0 Å². The predicted octanol–water partition coefficient (Wildman–Crippen LogP) is 3.68. The van der Waals surface area contributed by atoms with Crippen molar-refractivity contribution in [1.82, 2.24) is 0 Å². The lowest BCUT2D eigenvalue weighted by Gasteiger charge is -2.03. The lowest BCUT2D eigenvalue weighted by molar-refractivity contribution is -0.121. The summed E-state index contributed by atoms with van der Waals surface area (Å²) in [5.41, 5.74) is 1.09. The molecule has 0 aromatic heterocycles. The van der Waals surface area contributed by atoms with Gasteiger partial charge in [-0.15, -0.1) is 0 Å². The van der Waals surface area contributed by atoms with E-state index >= 15 is 0 Å². The SMILES string of the molecule is CCC(=O)C(=Cc1ccc(Cl)cc1)C(=O)CC. The third-order valence-electron chi connectivity index (χ3n) is 2.42. The Labute approximate surface area is 106 Å². The maximum Gasteiger partial charge on any atom is 0.166 e. The van der Waals surface area contributed by atoms with E-state index in [1.54, 1.807) is 44.2 Å². The zero-order chi connectivity index (χ0) is 12.8. The van der Waals surface area contributed by atoms with Crippen LogP contribution in [0.2, 0.25) is 5.02 Å². The molecule has 0 aliphatic rings. The van der Waals surface area contributed by atoms with Crippen molar-refractivity contribution in [1.29, 1.82) is 0 Å². The first-order chi connectivity index (χ1) is 8.08. The number of carbonyl (C=O) groups excluding carboxylic acids is 2. The van der Waals surface area contributed by atoms with Crippen LogP contribution in [0.15, 0.2) is 29.8 Å². The Morgan fingerprint density at radius 2 is 1.53 bits per heavy atom. The topological polar surface area (TPSA) is 34.1 Å². The first-order valence-corrected chi connectivity index (χ1v) is 6.00. The fourth-order valence-electron chi connectivity index (χ4n) is 1.42. The molecule has 0 radical (unpaired) electrons. The van der Waals surface area contributed by atoms with Crippen molar-refractivity contribution in [2.24, 2.45) is 0 Å². The lowest BCUT2D eigenvalue weighted by atomic mass is 10.00. The van der Waals surface area contributed by atoms with E-state index in [1.807, 2.05) is 0 Å². The van der Waals surface area contributed by atoms with Crippen LogP contribution in [0.4, 0.5) is 0 Å². The third-order valence-corrected chi connectivity index (χ3v) is 2.68. The van der Waals surface area contributed by atoms with Gasteiger partial charge >= 0.3 is 0 Å². The molecule has 0 N–H and O–H groups in total. The summed E-state index contributed by atoms with van der Waals surface area (Å²) in [6.45, 7) is 3.50. The Morgan fingerprint density at radius 3 is 1.94 bits per heavy atom. The van der Waals surface area contributed by atoms with E-state index in [0.29, 0.717) is 17.9 Å². The summed E-state index contributed by atoms with van der Waals surface area (Å²) in [6.07, 6.45) is 2.31. The van der Waals surface area contributed by atoms with Crippen molar-refractivity contribution < 1.29 is 9.59 Å². The highest BCUT2D eigenvalue weighted by atomic mass is 35.5. The number of hydrogen-bond acceptors (Lipinski definition) is 2. The van der Waals surface area contributed by atoms with E-state index in [2.05, 4.69) is 0 Å². The molecular weight excluding hydrogens is 236 g/mol. The van der Waals surface area contributed by atoms with Gasteiger partial charge in [-0.2, -0.15) is 0 Å². The van der Waals surface area contributed by atoms with Gasteiger partial charge in [0, 0.05) is 17.9 Å². The minimum absolute atomic E-state index is 0.119. The molecule has 1 rings (SSSR count). The average Bonchev–Trinajstić information content (AvgIpc) is 2.36. The monoisotopic (exact) mass is 250 g/mol. The summed E-state index contributed by atoms with van der Waals surface area (Å²) in [7, 11) is 0. The molecule has 90 valence electrons. The fourth-order valence-corrected chi connectivity index (χ4v) is 1.55. The van der Waals surface area contributed by atoms with Gasteiger partial charge in [-0.1, -0.05) is 37.6 Å². The van der Waals surface area contributed by atoms with E-state index in [1.165, 1.54) is 0 Å². The van der Waals surface area contributed by atoms with Crippen molar-refractivity contribution in [3.8, 4) is 0 Å². The van der Waals surface area contributed by atoms with Gasteiger partial charge in [0.15, 0.2) is 11.6 Å². The molecule has 0 saturated heterocycles. The molecule has 1 aromatic rings. The highest BCUT2D eigenvalue weighted by Gasteiger charge is 2.14. The molecule has 0 saturated carbocycles. The zero-order valence-electron chi connectivity index (χ0n) is 10.00. The van der Waals surface area contributed by atoms with E-state index in [4.69, 9.17) is 11.6 Å². The van der Waals surface area contributed by atoms with Crippen LogP contribution in [-0.2, 0) is 9.59 Å². The highest BCUT2D eigenvalue weighted by molar-refractivity contribution is 6.30. The second-order valence-corrected chi connectivity index (χ2v) is 4.10. The highest BCUT2D eigenvalue weighted by Crippen LogP contribution is 2.15. The third kappa shape index (κ3) is 3.82. The Kier molecular flexibility index (Phi) is 5.11. The molecule has 0 heterocycles.